The Morgan fingerprint density at radius 2 is 1.82 bits per heavy atom. The van der Waals surface area contributed by atoms with Crippen molar-refractivity contribution in [2.45, 2.75) is 32.4 Å². The van der Waals surface area contributed by atoms with E-state index in [-0.39, 0.29) is 18.4 Å². The maximum absolute atomic E-state index is 5.47. The van der Waals surface area contributed by atoms with Crippen LogP contribution in [0.25, 0.3) is 0 Å². The number of halogens is 1. The van der Waals surface area contributed by atoms with Crippen LogP contribution in [-0.2, 0) is 6.54 Å². The third-order valence-electron chi connectivity index (χ3n) is 5.18. The molecule has 0 saturated carbocycles. The first kappa shape index (κ1) is 20.4. The van der Waals surface area contributed by atoms with E-state index in [0.717, 1.165) is 50.6 Å². The highest BCUT2D eigenvalue weighted by Crippen LogP contribution is 2.26. The monoisotopic (exact) mass is 401 g/mol. The number of para-hydroxylation sites is 1. The molecule has 8 heteroatoms. The summed E-state index contributed by atoms with van der Waals surface area (Å²) in [4.78, 5) is 4.97. The van der Waals surface area contributed by atoms with E-state index in [1.54, 1.807) is 6.26 Å². The van der Waals surface area contributed by atoms with Crippen molar-refractivity contribution < 1.29 is 16.8 Å². The molecule has 28 heavy (non-hydrogen) atoms. The summed E-state index contributed by atoms with van der Waals surface area (Å²) in [6, 6.07) is 14.7. The Hall–Kier alpha value is -2.38. The van der Waals surface area contributed by atoms with Gasteiger partial charge < -0.3 is 21.7 Å². The van der Waals surface area contributed by atoms with Crippen LogP contribution in [0.2, 0.25) is 0 Å². The van der Waals surface area contributed by atoms with Crippen molar-refractivity contribution in [2.75, 3.05) is 31.1 Å². The summed E-state index contributed by atoms with van der Waals surface area (Å²) in [5.41, 5.74) is 1.30. The Morgan fingerprint density at radius 1 is 1.04 bits per heavy atom. The lowest BCUT2D eigenvalue weighted by atomic mass is 10.1. The van der Waals surface area contributed by atoms with E-state index in [2.05, 4.69) is 62.6 Å². The van der Waals surface area contributed by atoms with Gasteiger partial charge in [-0.05, 0) is 41.1 Å². The standard InChI is InChI=1S/C20H26N6O.ClH/c1-2-7-19(20-21-22-23-26(20)16-18-10-6-15-27-18)25-13-11-24(12-14-25)17-8-4-3-5-9-17;/h3-6,8-10,15,19H,2,7,11-14,16H2,1H3;1H/p-1. The second kappa shape index (κ2) is 9.71. The molecule has 0 spiro atoms. The summed E-state index contributed by atoms with van der Waals surface area (Å²) in [5.74, 6) is 1.80. The molecule has 1 unspecified atom stereocenters. The molecule has 1 aromatic carbocycles. The normalized spacial score (nSPS) is 16.0. The highest BCUT2D eigenvalue weighted by atomic mass is 35.5. The topological polar surface area (TPSA) is 63.2 Å². The zero-order chi connectivity index (χ0) is 18.5. The van der Waals surface area contributed by atoms with Gasteiger partial charge in [-0.2, -0.15) is 0 Å². The molecule has 0 amide bonds. The summed E-state index contributed by atoms with van der Waals surface area (Å²) in [6.07, 6.45) is 3.83. The minimum Gasteiger partial charge on any atom is -1.00 e. The number of aromatic nitrogens is 4. The number of tetrazole rings is 1. The lowest BCUT2D eigenvalue weighted by Crippen LogP contribution is -3.00. The average molecular weight is 402 g/mol. The number of anilines is 1. The predicted octanol–water partition coefficient (Wildman–Crippen LogP) is -0.0182. The Bertz CT molecular complexity index is 814. The molecule has 3 heterocycles. The highest BCUT2D eigenvalue weighted by Gasteiger charge is 2.28. The molecule has 4 rings (SSSR count). The van der Waals surface area contributed by atoms with Crippen LogP contribution in [0, 0.1) is 0 Å². The van der Waals surface area contributed by atoms with Crippen LogP contribution in [0.1, 0.15) is 37.4 Å². The lowest BCUT2D eigenvalue weighted by Gasteiger charge is -2.39. The van der Waals surface area contributed by atoms with Crippen LogP contribution in [0.3, 0.4) is 0 Å². The second-order valence-corrected chi connectivity index (χ2v) is 6.94. The lowest BCUT2D eigenvalue weighted by molar-refractivity contribution is -0.00000623. The minimum atomic E-state index is 0. The van der Waals surface area contributed by atoms with Gasteiger partial charge in [-0.3, -0.25) is 4.90 Å². The molecular weight excluding hydrogens is 376 g/mol. The van der Waals surface area contributed by atoms with Crippen molar-refractivity contribution in [2.24, 2.45) is 0 Å². The first-order valence-electron chi connectivity index (χ1n) is 9.67. The van der Waals surface area contributed by atoms with Gasteiger partial charge in [-0.25, -0.2) is 4.68 Å². The number of furan rings is 1. The molecule has 3 aromatic rings. The van der Waals surface area contributed by atoms with Crippen LogP contribution in [0.5, 0.6) is 0 Å². The van der Waals surface area contributed by atoms with Gasteiger partial charge in [-0.1, -0.05) is 31.5 Å². The van der Waals surface area contributed by atoms with Gasteiger partial charge in [0.25, 0.3) is 0 Å². The molecule has 1 saturated heterocycles. The quantitative estimate of drug-likeness (QED) is 0.554. The predicted molar refractivity (Wildman–Crippen MR) is 104 cm³/mol. The van der Waals surface area contributed by atoms with E-state index in [9.17, 15) is 0 Å². The zero-order valence-corrected chi connectivity index (χ0v) is 16.9. The third kappa shape index (κ3) is 4.54. The van der Waals surface area contributed by atoms with E-state index < -0.39 is 0 Å². The van der Waals surface area contributed by atoms with Crippen LogP contribution >= 0.6 is 0 Å². The first-order valence-corrected chi connectivity index (χ1v) is 9.67. The largest absolute Gasteiger partial charge is 1.00 e. The molecule has 150 valence electrons. The van der Waals surface area contributed by atoms with Crippen molar-refractivity contribution >= 4 is 5.69 Å². The first-order chi connectivity index (χ1) is 13.3. The van der Waals surface area contributed by atoms with E-state index >= 15 is 0 Å². The summed E-state index contributed by atoms with van der Waals surface area (Å²) in [5, 5.41) is 12.5. The Labute approximate surface area is 171 Å². The van der Waals surface area contributed by atoms with Crippen molar-refractivity contribution in [3.05, 3.63) is 60.3 Å². The molecule has 2 aromatic heterocycles. The van der Waals surface area contributed by atoms with Crippen LogP contribution in [-0.4, -0.2) is 51.3 Å². The van der Waals surface area contributed by atoms with Crippen molar-refractivity contribution in [3.8, 4) is 0 Å². The third-order valence-corrected chi connectivity index (χ3v) is 5.18. The molecular formula is C20H26ClN6O-. The van der Waals surface area contributed by atoms with Crippen molar-refractivity contribution in [3.63, 3.8) is 0 Å². The number of benzene rings is 1. The molecule has 0 N–H and O–H groups in total. The molecule has 0 bridgehead atoms. The van der Waals surface area contributed by atoms with Gasteiger partial charge in [0.2, 0.25) is 0 Å². The number of hydrogen-bond acceptors (Lipinski definition) is 6. The molecule has 0 aliphatic carbocycles. The average Bonchev–Trinajstić information content (AvgIpc) is 3.40. The smallest absolute Gasteiger partial charge is 0.168 e. The molecule has 7 nitrogen and oxygen atoms in total. The Balaban J connectivity index is 0.00000225. The fraction of sp³-hybridized carbons (Fsp3) is 0.450. The summed E-state index contributed by atoms with van der Waals surface area (Å²) in [6.45, 7) is 6.84. The zero-order valence-electron chi connectivity index (χ0n) is 16.1. The van der Waals surface area contributed by atoms with Gasteiger partial charge in [0.15, 0.2) is 5.82 Å². The summed E-state index contributed by atoms with van der Waals surface area (Å²) in [7, 11) is 0. The molecule has 1 fully saturated rings. The van der Waals surface area contributed by atoms with Crippen LogP contribution in [0.4, 0.5) is 5.69 Å². The fourth-order valence-corrected chi connectivity index (χ4v) is 3.79. The summed E-state index contributed by atoms with van der Waals surface area (Å²) < 4.78 is 7.35. The maximum Gasteiger partial charge on any atom is 0.168 e. The number of piperazine rings is 1. The van der Waals surface area contributed by atoms with E-state index in [0.29, 0.717) is 6.54 Å². The van der Waals surface area contributed by atoms with Gasteiger partial charge in [-0.15, -0.1) is 5.10 Å². The Kier molecular flexibility index (Phi) is 7.06. The second-order valence-electron chi connectivity index (χ2n) is 6.94. The molecule has 1 aliphatic rings. The van der Waals surface area contributed by atoms with E-state index in [1.807, 2.05) is 16.8 Å². The van der Waals surface area contributed by atoms with Crippen molar-refractivity contribution in [1.82, 2.24) is 25.1 Å². The number of hydrogen-bond donors (Lipinski definition) is 0. The minimum absolute atomic E-state index is 0. The number of rotatable bonds is 7. The SMILES string of the molecule is CCCC(c1nnnn1Cc1ccco1)N1CCN(c2ccccc2)CC1.[Cl-]. The van der Waals surface area contributed by atoms with Crippen molar-refractivity contribution in [1.29, 1.82) is 0 Å². The maximum atomic E-state index is 5.47. The van der Waals surface area contributed by atoms with Gasteiger partial charge in [0.05, 0.1) is 12.3 Å². The fourth-order valence-electron chi connectivity index (χ4n) is 3.79. The van der Waals surface area contributed by atoms with E-state index in [4.69, 9.17) is 4.42 Å². The van der Waals surface area contributed by atoms with Crippen LogP contribution in [0.15, 0.2) is 53.1 Å². The molecule has 0 radical (unpaired) electrons. The van der Waals surface area contributed by atoms with Gasteiger partial charge >= 0.3 is 0 Å². The molecule has 1 atom stereocenters. The highest BCUT2D eigenvalue weighted by molar-refractivity contribution is 5.46. The summed E-state index contributed by atoms with van der Waals surface area (Å²) >= 11 is 0. The van der Waals surface area contributed by atoms with Gasteiger partial charge in [0, 0.05) is 31.9 Å². The Morgan fingerprint density at radius 3 is 2.50 bits per heavy atom. The number of nitrogens with zero attached hydrogens (tertiary/aromatic N) is 6. The molecule has 1 aliphatic heterocycles. The van der Waals surface area contributed by atoms with Gasteiger partial charge in [0.1, 0.15) is 12.3 Å². The van der Waals surface area contributed by atoms with Crippen LogP contribution < -0.4 is 17.3 Å². The van der Waals surface area contributed by atoms with E-state index in [1.165, 1.54) is 5.69 Å².